The van der Waals surface area contributed by atoms with Crippen LogP contribution in [0.4, 0.5) is 13.2 Å². The number of nitrogens with zero attached hydrogens (tertiary/aromatic N) is 2. The van der Waals surface area contributed by atoms with E-state index in [1.54, 1.807) is 6.21 Å². The minimum absolute atomic E-state index is 0.214. The summed E-state index contributed by atoms with van der Waals surface area (Å²) in [5.41, 5.74) is 0. The van der Waals surface area contributed by atoms with Crippen molar-refractivity contribution < 1.29 is 18.0 Å². The number of rotatable bonds is 3. The van der Waals surface area contributed by atoms with Gasteiger partial charge in [0.25, 0.3) is 0 Å². The van der Waals surface area contributed by atoms with Gasteiger partial charge in [0.1, 0.15) is 0 Å². The predicted octanol–water partition coefficient (Wildman–Crippen LogP) is 4.28. The Labute approximate surface area is 123 Å². The summed E-state index contributed by atoms with van der Waals surface area (Å²) in [5.74, 6) is -1.60. The molecule has 0 aliphatic heterocycles. The molecule has 120 valence electrons. The third-order valence-corrected chi connectivity index (χ3v) is 4.42. The fourth-order valence-electron chi connectivity index (χ4n) is 3.22. The molecule has 21 heavy (non-hydrogen) atoms. The summed E-state index contributed by atoms with van der Waals surface area (Å²) in [6, 6.07) is -0.396. The summed E-state index contributed by atoms with van der Waals surface area (Å²) in [7, 11) is 0. The number of hydrogen-bond donors (Lipinski definition) is 0. The van der Waals surface area contributed by atoms with Gasteiger partial charge in [0.05, 0.1) is 6.04 Å². The number of amides is 1. The van der Waals surface area contributed by atoms with Crippen LogP contribution in [-0.4, -0.2) is 29.3 Å². The highest BCUT2D eigenvalue weighted by Gasteiger charge is 2.45. The minimum atomic E-state index is -4.85. The molecule has 3 nitrogen and oxygen atoms in total. The van der Waals surface area contributed by atoms with Crippen LogP contribution in [-0.2, 0) is 4.79 Å². The maximum absolute atomic E-state index is 12.8. The van der Waals surface area contributed by atoms with E-state index in [1.807, 2.05) is 0 Å². The molecule has 6 heteroatoms. The Kier molecular flexibility index (Phi) is 5.65. The van der Waals surface area contributed by atoms with Gasteiger partial charge in [-0.05, 0) is 31.6 Å². The van der Waals surface area contributed by atoms with Gasteiger partial charge in [-0.25, -0.2) is 5.01 Å². The van der Waals surface area contributed by atoms with Crippen molar-refractivity contribution in [2.45, 2.75) is 76.4 Å². The molecule has 1 amide bonds. The Morgan fingerprint density at radius 2 is 1.48 bits per heavy atom. The third kappa shape index (κ3) is 4.71. The van der Waals surface area contributed by atoms with Crippen LogP contribution in [0.15, 0.2) is 5.10 Å². The summed E-state index contributed by atoms with van der Waals surface area (Å²) >= 11 is 0. The first-order valence-electron chi connectivity index (χ1n) is 7.93. The van der Waals surface area contributed by atoms with E-state index in [-0.39, 0.29) is 5.92 Å². The van der Waals surface area contributed by atoms with Gasteiger partial charge >= 0.3 is 12.1 Å². The first kappa shape index (κ1) is 16.3. The van der Waals surface area contributed by atoms with E-state index in [4.69, 9.17) is 0 Å². The molecular formula is C15H23F3N2O. The highest BCUT2D eigenvalue weighted by molar-refractivity contribution is 5.82. The standard InChI is InChI=1S/C15H23F3N2O/c16-15(17,18)14(21)20(13-9-5-2-6-10-13)19-11-12-7-3-1-4-8-12/h11-13H,1-10H2. The number of hydrogen-bond acceptors (Lipinski definition) is 2. The summed E-state index contributed by atoms with van der Waals surface area (Å²) in [6.07, 6.45) is 6.00. The molecule has 0 saturated heterocycles. The van der Waals surface area contributed by atoms with Crippen LogP contribution >= 0.6 is 0 Å². The van der Waals surface area contributed by atoms with Gasteiger partial charge in [0.15, 0.2) is 0 Å². The summed E-state index contributed by atoms with van der Waals surface area (Å²) in [6.45, 7) is 0. The van der Waals surface area contributed by atoms with E-state index in [0.717, 1.165) is 44.9 Å². The highest BCUT2D eigenvalue weighted by atomic mass is 19.4. The maximum Gasteiger partial charge on any atom is 0.473 e. The number of hydrazone groups is 1. The van der Waals surface area contributed by atoms with Gasteiger partial charge in [0, 0.05) is 6.21 Å². The van der Waals surface area contributed by atoms with Crippen LogP contribution in [0.1, 0.15) is 64.2 Å². The molecule has 0 heterocycles. The van der Waals surface area contributed by atoms with Crippen LogP contribution < -0.4 is 0 Å². The van der Waals surface area contributed by atoms with Crippen molar-refractivity contribution in [1.82, 2.24) is 5.01 Å². The third-order valence-electron chi connectivity index (χ3n) is 4.42. The van der Waals surface area contributed by atoms with E-state index in [0.29, 0.717) is 17.9 Å². The second kappa shape index (κ2) is 7.27. The van der Waals surface area contributed by atoms with Crippen molar-refractivity contribution in [1.29, 1.82) is 0 Å². The smallest absolute Gasteiger partial charge is 0.262 e. The molecule has 0 radical (unpaired) electrons. The molecule has 0 unspecified atom stereocenters. The molecule has 0 N–H and O–H groups in total. The Morgan fingerprint density at radius 3 is 2.00 bits per heavy atom. The van der Waals surface area contributed by atoms with Gasteiger partial charge in [-0.1, -0.05) is 38.5 Å². The van der Waals surface area contributed by atoms with Crippen molar-refractivity contribution in [2.75, 3.05) is 0 Å². The molecule has 2 saturated carbocycles. The van der Waals surface area contributed by atoms with E-state index in [2.05, 4.69) is 5.10 Å². The molecule has 0 bridgehead atoms. The fourth-order valence-corrected chi connectivity index (χ4v) is 3.22. The summed E-state index contributed by atoms with van der Waals surface area (Å²) in [4.78, 5) is 11.6. The minimum Gasteiger partial charge on any atom is -0.262 e. The van der Waals surface area contributed by atoms with Crippen molar-refractivity contribution in [3.8, 4) is 0 Å². The zero-order valence-corrected chi connectivity index (χ0v) is 12.2. The Morgan fingerprint density at radius 1 is 0.952 bits per heavy atom. The average molecular weight is 304 g/mol. The molecule has 2 aliphatic rings. The largest absolute Gasteiger partial charge is 0.473 e. The lowest BCUT2D eigenvalue weighted by molar-refractivity contribution is -0.188. The quantitative estimate of drug-likeness (QED) is 0.566. The van der Waals surface area contributed by atoms with Crippen molar-refractivity contribution in [3.63, 3.8) is 0 Å². The van der Waals surface area contributed by atoms with Crippen LogP contribution in [0.5, 0.6) is 0 Å². The fraction of sp³-hybridized carbons (Fsp3) is 0.867. The molecule has 0 spiro atoms. The van der Waals surface area contributed by atoms with Crippen molar-refractivity contribution in [3.05, 3.63) is 0 Å². The second-order valence-corrected chi connectivity index (χ2v) is 6.10. The number of carbonyl (C=O) groups is 1. The lowest BCUT2D eigenvalue weighted by Crippen LogP contribution is -2.44. The molecule has 0 aromatic rings. The van der Waals surface area contributed by atoms with Gasteiger partial charge in [-0.2, -0.15) is 18.3 Å². The van der Waals surface area contributed by atoms with E-state index < -0.39 is 18.1 Å². The molecule has 0 atom stereocenters. The topological polar surface area (TPSA) is 32.7 Å². The lowest BCUT2D eigenvalue weighted by atomic mass is 9.90. The van der Waals surface area contributed by atoms with Crippen molar-refractivity contribution in [2.24, 2.45) is 11.0 Å². The zero-order valence-electron chi connectivity index (χ0n) is 12.2. The number of alkyl halides is 3. The SMILES string of the molecule is O=C(N(N=CC1CCCCC1)C1CCCCC1)C(F)(F)F. The molecular weight excluding hydrogens is 281 g/mol. The lowest BCUT2D eigenvalue weighted by Gasteiger charge is -2.31. The second-order valence-electron chi connectivity index (χ2n) is 6.10. The predicted molar refractivity (Wildman–Crippen MR) is 74.8 cm³/mol. The molecule has 2 aliphatic carbocycles. The summed E-state index contributed by atoms with van der Waals surface area (Å²) < 4.78 is 38.3. The van der Waals surface area contributed by atoms with Crippen LogP contribution in [0.25, 0.3) is 0 Å². The molecule has 0 aromatic carbocycles. The van der Waals surface area contributed by atoms with Gasteiger partial charge in [0.2, 0.25) is 0 Å². The van der Waals surface area contributed by atoms with E-state index in [9.17, 15) is 18.0 Å². The number of halogens is 3. The van der Waals surface area contributed by atoms with Crippen LogP contribution in [0, 0.1) is 5.92 Å². The first-order valence-corrected chi connectivity index (χ1v) is 7.93. The monoisotopic (exact) mass is 304 g/mol. The van der Waals surface area contributed by atoms with Crippen LogP contribution in [0.3, 0.4) is 0 Å². The number of carbonyl (C=O) groups excluding carboxylic acids is 1. The zero-order chi connectivity index (χ0) is 15.3. The van der Waals surface area contributed by atoms with Crippen LogP contribution in [0.2, 0.25) is 0 Å². The van der Waals surface area contributed by atoms with E-state index in [1.165, 1.54) is 6.42 Å². The van der Waals surface area contributed by atoms with E-state index >= 15 is 0 Å². The molecule has 2 rings (SSSR count). The van der Waals surface area contributed by atoms with Gasteiger partial charge < -0.3 is 0 Å². The first-order chi connectivity index (χ1) is 9.98. The molecule has 0 aromatic heterocycles. The normalized spacial score (nSPS) is 22.6. The Balaban J connectivity index is 2.06. The van der Waals surface area contributed by atoms with Crippen molar-refractivity contribution >= 4 is 12.1 Å². The Bertz CT molecular complexity index is 370. The Hall–Kier alpha value is -1.07. The van der Waals surface area contributed by atoms with Gasteiger partial charge in [-0.15, -0.1) is 0 Å². The maximum atomic E-state index is 12.8. The highest BCUT2D eigenvalue weighted by Crippen LogP contribution is 2.28. The summed E-state index contributed by atoms with van der Waals surface area (Å²) in [5, 5.41) is 4.69. The molecule has 2 fully saturated rings. The average Bonchev–Trinajstić information content (AvgIpc) is 2.48. The van der Waals surface area contributed by atoms with Gasteiger partial charge in [-0.3, -0.25) is 4.79 Å².